The Bertz CT molecular complexity index is 1240. The summed E-state index contributed by atoms with van der Waals surface area (Å²) in [5.74, 6) is -0.371. The highest BCUT2D eigenvalue weighted by molar-refractivity contribution is 5.69. The number of hydrogen-bond acceptors (Lipinski definition) is 9. The number of aliphatic hydroxyl groups is 4. The highest BCUT2D eigenvalue weighted by Gasteiger charge is 2.44. The van der Waals surface area contributed by atoms with E-state index in [1.165, 1.54) is 96.3 Å². The number of carbonyl (C=O) groups is 1. The first kappa shape index (κ1) is 58.4. The molecule has 0 bridgehead atoms. The van der Waals surface area contributed by atoms with Gasteiger partial charge in [-0.3, -0.25) is 4.79 Å². The minimum atomic E-state index is -1.55. The molecule has 0 aromatic carbocycles. The smallest absolute Gasteiger partial charge is 0.306 e. The van der Waals surface area contributed by atoms with Crippen LogP contribution in [0.25, 0.3) is 0 Å². The molecule has 0 radical (unpaired) electrons. The van der Waals surface area contributed by atoms with Gasteiger partial charge >= 0.3 is 5.97 Å². The summed E-state index contributed by atoms with van der Waals surface area (Å²) < 4.78 is 22.8. The van der Waals surface area contributed by atoms with Gasteiger partial charge in [0.05, 0.1) is 19.8 Å². The van der Waals surface area contributed by atoms with E-state index in [1.807, 2.05) is 0 Å². The van der Waals surface area contributed by atoms with Gasteiger partial charge in [-0.2, -0.15) is 0 Å². The second kappa shape index (κ2) is 44.6. The molecule has 0 amide bonds. The van der Waals surface area contributed by atoms with Crippen molar-refractivity contribution in [3.05, 3.63) is 85.1 Å². The molecule has 4 N–H and O–H groups in total. The first-order valence-electron chi connectivity index (χ1n) is 25.2. The number of aliphatic hydroxyl groups excluding tert-OH is 4. The van der Waals surface area contributed by atoms with E-state index >= 15 is 0 Å². The average Bonchev–Trinajstić information content (AvgIpc) is 3.28. The molecule has 9 nitrogen and oxygen atoms in total. The van der Waals surface area contributed by atoms with E-state index in [1.54, 1.807) is 0 Å². The van der Waals surface area contributed by atoms with E-state index in [0.29, 0.717) is 13.0 Å². The zero-order valence-electron chi connectivity index (χ0n) is 39.8. The largest absolute Gasteiger partial charge is 0.457 e. The molecule has 0 aromatic rings. The number of ether oxygens (including phenoxy) is 4. The summed E-state index contributed by atoms with van der Waals surface area (Å²) in [6, 6.07) is 0. The van der Waals surface area contributed by atoms with Gasteiger partial charge in [0, 0.05) is 13.0 Å². The highest BCUT2D eigenvalue weighted by Crippen LogP contribution is 2.22. The molecule has 1 saturated heterocycles. The Hall–Kier alpha value is -2.63. The Labute approximate surface area is 384 Å². The number of unbranched alkanes of at least 4 members (excludes halogenated alkanes) is 17. The monoisotopic (exact) mass is 885 g/mol. The van der Waals surface area contributed by atoms with Crippen molar-refractivity contribution in [2.75, 3.05) is 26.4 Å². The molecule has 63 heavy (non-hydrogen) atoms. The molecule has 1 fully saturated rings. The van der Waals surface area contributed by atoms with Gasteiger partial charge in [-0.25, -0.2) is 0 Å². The first-order valence-corrected chi connectivity index (χ1v) is 25.2. The molecule has 1 aliphatic heterocycles. The third kappa shape index (κ3) is 35.3. The van der Waals surface area contributed by atoms with Crippen molar-refractivity contribution in [3.8, 4) is 0 Å². The van der Waals surface area contributed by atoms with Gasteiger partial charge in [0.1, 0.15) is 30.5 Å². The zero-order chi connectivity index (χ0) is 45.7. The maximum absolute atomic E-state index is 12.8. The summed E-state index contributed by atoms with van der Waals surface area (Å²) in [7, 11) is 0. The third-order valence-electron chi connectivity index (χ3n) is 11.1. The Kier molecular flexibility index (Phi) is 41.3. The van der Waals surface area contributed by atoms with Gasteiger partial charge in [-0.05, 0) is 64.2 Å². The minimum Gasteiger partial charge on any atom is -0.457 e. The van der Waals surface area contributed by atoms with Crippen LogP contribution in [0.3, 0.4) is 0 Å². The predicted octanol–water partition coefficient (Wildman–Crippen LogP) is 12.2. The maximum Gasteiger partial charge on any atom is 0.306 e. The first-order chi connectivity index (χ1) is 30.9. The van der Waals surface area contributed by atoms with Crippen LogP contribution in [0.2, 0.25) is 0 Å². The zero-order valence-corrected chi connectivity index (χ0v) is 39.8. The van der Waals surface area contributed by atoms with E-state index in [-0.39, 0.29) is 25.6 Å². The van der Waals surface area contributed by atoms with Gasteiger partial charge in [-0.1, -0.05) is 202 Å². The lowest BCUT2D eigenvalue weighted by molar-refractivity contribution is -0.305. The molecule has 0 spiro atoms. The maximum atomic E-state index is 12.8. The summed E-state index contributed by atoms with van der Waals surface area (Å²) in [5, 5.41) is 40.2. The highest BCUT2D eigenvalue weighted by atomic mass is 16.7. The molecule has 1 rings (SSSR count). The molecule has 6 unspecified atom stereocenters. The van der Waals surface area contributed by atoms with Crippen molar-refractivity contribution in [1.82, 2.24) is 0 Å². The average molecular weight is 885 g/mol. The van der Waals surface area contributed by atoms with Crippen LogP contribution in [0.5, 0.6) is 0 Å². The standard InChI is InChI=1S/C54H92O9/c1-3-5-7-9-11-13-15-17-19-21-22-23-24-25-26-27-29-31-33-35-37-39-41-43-50(56)62-48(47-61-54-53(59)52(58)51(57)49(45-55)63-54)46-60-44-42-40-38-36-34-32-30-28-20-18-16-14-12-10-8-6-4-2/h5,7,11,13,17,19,22-23,25-26,29,31,35,37,48-49,51-55,57-59H,3-4,6,8-10,12,14-16,18,20-21,24,27-28,30,32-34,36,38-47H2,1-2H3/b7-5-,13-11-,19-17-,23-22-,26-25-,31-29-,37-35-. The summed E-state index contributed by atoms with van der Waals surface area (Å²) >= 11 is 0. The van der Waals surface area contributed by atoms with Crippen LogP contribution in [0.4, 0.5) is 0 Å². The minimum absolute atomic E-state index is 0.119. The molecule has 0 saturated carbocycles. The van der Waals surface area contributed by atoms with Crippen LogP contribution in [0, 0.1) is 0 Å². The normalized spacial score (nSPS) is 20.4. The fourth-order valence-corrected chi connectivity index (χ4v) is 7.19. The third-order valence-corrected chi connectivity index (χ3v) is 11.1. The lowest BCUT2D eigenvalue weighted by Gasteiger charge is -2.39. The number of carbonyl (C=O) groups excluding carboxylic acids is 1. The lowest BCUT2D eigenvalue weighted by Crippen LogP contribution is -2.59. The van der Waals surface area contributed by atoms with Gasteiger partial charge in [0.15, 0.2) is 6.29 Å². The molecule has 6 atom stereocenters. The topological polar surface area (TPSA) is 135 Å². The van der Waals surface area contributed by atoms with Gasteiger partial charge in [0.25, 0.3) is 0 Å². The quantitative estimate of drug-likeness (QED) is 0.0268. The molecule has 0 aliphatic carbocycles. The number of esters is 1. The molecule has 9 heteroatoms. The van der Waals surface area contributed by atoms with Crippen LogP contribution < -0.4 is 0 Å². The van der Waals surface area contributed by atoms with Crippen molar-refractivity contribution in [3.63, 3.8) is 0 Å². The fraction of sp³-hybridized carbons (Fsp3) is 0.722. The second-order valence-electron chi connectivity index (χ2n) is 16.9. The Balaban J connectivity index is 2.28. The molecule has 362 valence electrons. The van der Waals surface area contributed by atoms with E-state index < -0.39 is 43.4 Å². The van der Waals surface area contributed by atoms with Crippen molar-refractivity contribution in [2.45, 2.75) is 224 Å². The van der Waals surface area contributed by atoms with E-state index in [4.69, 9.17) is 18.9 Å². The van der Waals surface area contributed by atoms with Crippen molar-refractivity contribution >= 4 is 5.97 Å². The molecule has 0 aromatic heterocycles. The van der Waals surface area contributed by atoms with Crippen molar-refractivity contribution in [1.29, 1.82) is 0 Å². The SMILES string of the molecule is CC/C=C\C/C=C\C/C=C\C/C=C\C/C=C\C/C=C\C/C=C\CCCC(=O)OC(COCCCCCCCCCCCCCCCCCCC)COC1OC(CO)C(O)C(O)C1O. The molecular formula is C54H92O9. The van der Waals surface area contributed by atoms with Crippen LogP contribution in [0.1, 0.15) is 187 Å². The van der Waals surface area contributed by atoms with Crippen LogP contribution in [0.15, 0.2) is 85.1 Å². The van der Waals surface area contributed by atoms with E-state index in [2.05, 4.69) is 98.9 Å². The van der Waals surface area contributed by atoms with E-state index in [9.17, 15) is 25.2 Å². The Morgan fingerprint density at radius 2 is 0.952 bits per heavy atom. The summed E-state index contributed by atoms with van der Waals surface area (Å²) in [6.07, 6.45) is 53.3. The second-order valence-corrected chi connectivity index (χ2v) is 16.9. The van der Waals surface area contributed by atoms with Crippen LogP contribution in [-0.2, 0) is 23.7 Å². The van der Waals surface area contributed by atoms with Gasteiger partial charge in [-0.15, -0.1) is 0 Å². The number of rotatable bonds is 42. The number of hydrogen-bond donors (Lipinski definition) is 4. The van der Waals surface area contributed by atoms with Gasteiger partial charge in [0.2, 0.25) is 0 Å². The summed E-state index contributed by atoms with van der Waals surface area (Å²) in [6.45, 7) is 4.38. The predicted molar refractivity (Wildman–Crippen MR) is 260 cm³/mol. The molecule has 1 aliphatic rings. The Morgan fingerprint density at radius 3 is 1.40 bits per heavy atom. The Morgan fingerprint density at radius 1 is 0.524 bits per heavy atom. The summed E-state index contributed by atoms with van der Waals surface area (Å²) in [4.78, 5) is 12.8. The molecular weight excluding hydrogens is 793 g/mol. The lowest BCUT2D eigenvalue weighted by atomic mass is 9.99. The van der Waals surface area contributed by atoms with Crippen molar-refractivity contribution in [2.24, 2.45) is 0 Å². The van der Waals surface area contributed by atoms with Crippen LogP contribution in [-0.4, -0.2) is 89.6 Å². The fourth-order valence-electron chi connectivity index (χ4n) is 7.19. The van der Waals surface area contributed by atoms with Crippen molar-refractivity contribution < 1.29 is 44.2 Å². The van der Waals surface area contributed by atoms with E-state index in [0.717, 1.165) is 64.2 Å². The summed E-state index contributed by atoms with van der Waals surface area (Å²) in [5.41, 5.74) is 0. The molecule has 1 heterocycles. The van der Waals surface area contributed by atoms with Gasteiger partial charge < -0.3 is 39.4 Å². The number of allylic oxidation sites excluding steroid dienone is 14. The van der Waals surface area contributed by atoms with Crippen LogP contribution >= 0.6 is 0 Å².